The van der Waals surface area contributed by atoms with Gasteiger partial charge in [-0.05, 0) is 0 Å². The predicted octanol–water partition coefficient (Wildman–Crippen LogP) is 2.41. The molecule has 0 fully saturated rings. The molecule has 2 heteroatoms. The van der Waals surface area contributed by atoms with E-state index in [4.69, 9.17) is 0 Å². The van der Waals surface area contributed by atoms with Gasteiger partial charge in [-0.2, -0.15) is 0 Å². The normalized spacial score (nSPS) is 19.0. The van der Waals surface area contributed by atoms with Gasteiger partial charge in [0.05, 0.1) is 0 Å². The van der Waals surface area contributed by atoms with Crippen LogP contribution in [0.2, 0.25) is 0 Å². The first-order valence-corrected chi connectivity index (χ1v) is 4.39. The van der Waals surface area contributed by atoms with Crippen LogP contribution < -0.4 is 0 Å². The zero-order chi connectivity index (χ0) is 5.11. The van der Waals surface area contributed by atoms with Gasteiger partial charge < -0.3 is 0 Å². The molecule has 8 heavy (non-hydrogen) atoms. The Hall–Kier alpha value is 0.653. The summed E-state index contributed by atoms with van der Waals surface area (Å²) in [5.74, 6) is 0. The van der Waals surface area contributed by atoms with Crippen molar-refractivity contribution in [2.24, 2.45) is 0 Å². The summed E-state index contributed by atoms with van der Waals surface area (Å²) < 4.78 is 1.71. The van der Waals surface area contributed by atoms with Crippen LogP contribution in [0.5, 0.6) is 0 Å². The van der Waals surface area contributed by atoms with Gasteiger partial charge in [0, 0.05) is 0 Å². The average molecular weight is 183 g/mol. The van der Waals surface area contributed by atoms with Gasteiger partial charge in [0.2, 0.25) is 0 Å². The molecular formula is C6H10ClZn. The molecule has 0 amide bonds. The molecule has 0 N–H and O–H groups in total. The summed E-state index contributed by atoms with van der Waals surface area (Å²) in [6, 6.07) is 0. The Bertz CT molecular complexity index is 88.5. The van der Waals surface area contributed by atoms with Crippen LogP contribution in [0, 0.1) is 0 Å². The van der Waals surface area contributed by atoms with E-state index in [1.807, 2.05) is 0 Å². The minimum atomic E-state index is 0. The number of halogens is 1. The minimum absolute atomic E-state index is 0. The van der Waals surface area contributed by atoms with Crippen molar-refractivity contribution in [3.8, 4) is 0 Å². The summed E-state index contributed by atoms with van der Waals surface area (Å²) in [5, 5.41) is 0. The second-order valence-electron chi connectivity index (χ2n) is 2.11. The van der Waals surface area contributed by atoms with Crippen molar-refractivity contribution in [1.29, 1.82) is 0 Å². The van der Waals surface area contributed by atoms with Gasteiger partial charge in [0.15, 0.2) is 0 Å². The van der Waals surface area contributed by atoms with Gasteiger partial charge >= 0.3 is 54.2 Å². The molecule has 0 saturated heterocycles. The van der Waals surface area contributed by atoms with Crippen molar-refractivity contribution in [1.82, 2.24) is 0 Å². The molecule has 0 heterocycles. The fraction of sp³-hybridized carbons (Fsp3) is 0.667. The molecule has 0 nitrogen and oxygen atoms in total. The number of hydrogen-bond donors (Lipinski definition) is 0. The van der Waals surface area contributed by atoms with Crippen LogP contribution >= 0.6 is 12.4 Å². The molecular weight excluding hydrogens is 173 g/mol. The van der Waals surface area contributed by atoms with Crippen LogP contribution in [0.3, 0.4) is 0 Å². The molecule has 0 saturated carbocycles. The van der Waals surface area contributed by atoms with E-state index in [0.29, 0.717) is 0 Å². The monoisotopic (exact) mass is 181 g/mol. The van der Waals surface area contributed by atoms with Gasteiger partial charge in [0.1, 0.15) is 0 Å². The first-order valence-electron chi connectivity index (χ1n) is 2.90. The van der Waals surface area contributed by atoms with Crippen LogP contribution in [0.4, 0.5) is 0 Å². The van der Waals surface area contributed by atoms with Crippen LogP contribution in [-0.2, 0) is 18.3 Å². The van der Waals surface area contributed by atoms with E-state index < -0.39 is 0 Å². The summed E-state index contributed by atoms with van der Waals surface area (Å²) in [6.45, 7) is 0. The van der Waals surface area contributed by atoms with E-state index >= 15 is 0 Å². The van der Waals surface area contributed by atoms with E-state index in [1.165, 1.54) is 44.0 Å². The Morgan fingerprint density at radius 1 is 1.38 bits per heavy atom. The average Bonchev–Trinajstić information content (AvgIpc) is 1.69. The third kappa shape index (κ3) is 2.84. The van der Waals surface area contributed by atoms with Crippen LogP contribution in [0.15, 0.2) is 10.2 Å². The number of rotatable bonds is 0. The molecule has 0 aromatic heterocycles. The Kier molecular flexibility index (Phi) is 4.89. The zero-order valence-corrected chi connectivity index (χ0v) is 8.80. The predicted molar refractivity (Wildman–Crippen MR) is 33.8 cm³/mol. The number of hydrogen-bond acceptors (Lipinski definition) is 0. The Morgan fingerprint density at radius 2 is 2.12 bits per heavy atom. The van der Waals surface area contributed by atoms with Crippen molar-refractivity contribution in [3.05, 3.63) is 10.2 Å². The standard InChI is InChI=1S/C6H9.ClH.Zn/c1-2-4-6-5-3-1;;/h1H,2,4-6H2;1H;. The molecule has 43 valence electrons. The van der Waals surface area contributed by atoms with Crippen LogP contribution in [-0.4, -0.2) is 0 Å². The quantitative estimate of drug-likeness (QED) is 0.506. The molecule has 1 aliphatic carbocycles. The molecule has 0 aromatic carbocycles. The summed E-state index contributed by atoms with van der Waals surface area (Å²) in [5.41, 5.74) is 0. The topological polar surface area (TPSA) is 0 Å². The molecule has 1 rings (SSSR count). The van der Waals surface area contributed by atoms with Gasteiger partial charge in [-0.3, -0.25) is 0 Å². The molecule has 0 radical (unpaired) electrons. The molecule has 0 bridgehead atoms. The van der Waals surface area contributed by atoms with Crippen molar-refractivity contribution in [3.63, 3.8) is 0 Å². The summed E-state index contributed by atoms with van der Waals surface area (Å²) in [6.07, 6.45) is 8.05. The Labute approximate surface area is 66.8 Å². The van der Waals surface area contributed by atoms with E-state index in [9.17, 15) is 0 Å². The third-order valence-corrected chi connectivity index (χ3v) is 2.73. The SMILES string of the molecule is Cl.[Zn][C]1=CCCCC1. The fourth-order valence-electron chi connectivity index (χ4n) is 0.905. The number of allylic oxidation sites excluding steroid dienone is 2. The fourth-order valence-corrected chi connectivity index (χ4v) is 1.86. The van der Waals surface area contributed by atoms with Crippen molar-refractivity contribution in [2.45, 2.75) is 25.7 Å². The second-order valence-corrected chi connectivity index (χ2v) is 4.01. The molecule has 1 aliphatic rings. The Morgan fingerprint density at radius 3 is 2.38 bits per heavy atom. The van der Waals surface area contributed by atoms with Crippen molar-refractivity contribution in [2.75, 3.05) is 0 Å². The molecule has 0 unspecified atom stereocenters. The second kappa shape index (κ2) is 4.52. The van der Waals surface area contributed by atoms with Crippen LogP contribution in [0.1, 0.15) is 25.7 Å². The molecule has 0 atom stereocenters. The third-order valence-electron chi connectivity index (χ3n) is 1.39. The molecule has 0 aliphatic heterocycles. The summed E-state index contributed by atoms with van der Waals surface area (Å²) in [7, 11) is 0. The van der Waals surface area contributed by atoms with Gasteiger partial charge in [-0.15, -0.1) is 12.4 Å². The Balaban J connectivity index is 0.000000490. The van der Waals surface area contributed by atoms with Crippen LogP contribution in [0.25, 0.3) is 0 Å². The van der Waals surface area contributed by atoms with Crippen molar-refractivity contribution < 1.29 is 18.3 Å². The van der Waals surface area contributed by atoms with E-state index in [-0.39, 0.29) is 12.4 Å². The van der Waals surface area contributed by atoms with E-state index in [0.717, 1.165) is 0 Å². The summed E-state index contributed by atoms with van der Waals surface area (Å²) in [4.78, 5) is 0. The van der Waals surface area contributed by atoms with Gasteiger partial charge in [-0.25, -0.2) is 0 Å². The maximum atomic E-state index is 2.41. The molecule has 0 aromatic rings. The van der Waals surface area contributed by atoms with E-state index in [1.54, 1.807) is 4.17 Å². The first kappa shape index (κ1) is 8.65. The summed E-state index contributed by atoms with van der Waals surface area (Å²) >= 11 is 1.40. The zero-order valence-electron chi connectivity index (χ0n) is 5.02. The van der Waals surface area contributed by atoms with Crippen molar-refractivity contribution >= 4 is 12.4 Å². The first-order chi connectivity index (χ1) is 3.39. The van der Waals surface area contributed by atoms with E-state index in [2.05, 4.69) is 6.08 Å². The maximum absolute atomic E-state index is 2.41. The van der Waals surface area contributed by atoms with Gasteiger partial charge in [-0.1, -0.05) is 0 Å². The van der Waals surface area contributed by atoms with Gasteiger partial charge in [0.25, 0.3) is 0 Å². The molecule has 0 spiro atoms.